The molecule has 3 rings (SSSR count). The molecule has 28 heavy (non-hydrogen) atoms. The summed E-state index contributed by atoms with van der Waals surface area (Å²) in [6.45, 7) is 5.04. The SMILES string of the molecule is COc1ccccc1N1CCN([C@@H](C)C(=O)Nc2cc(Cl)c(Cl)cc2Cl)CC1. The number of hydrogen-bond donors (Lipinski definition) is 1. The van der Waals surface area contributed by atoms with E-state index in [9.17, 15) is 4.79 Å². The minimum atomic E-state index is -0.301. The van der Waals surface area contributed by atoms with Gasteiger partial charge in [0.15, 0.2) is 0 Å². The number of hydrogen-bond acceptors (Lipinski definition) is 4. The zero-order chi connectivity index (χ0) is 20.3. The molecule has 5 nitrogen and oxygen atoms in total. The topological polar surface area (TPSA) is 44.8 Å². The minimum absolute atomic E-state index is 0.133. The fourth-order valence-electron chi connectivity index (χ4n) is 3.26. The van der Waals surface area contributed by atoms with Gasteiger partial charge in [-0.05, 0) is 31.2 Å². The van der Waals surface area contributed by atoms with Crippen molar-refractivity contribution in [1.29, 1.82) is 0 Å². The number of halogens is 3. The second-order valence-electron chi connectivity index (χ2n) is 6.61. The van der Waals surface area contributed by atoms with Gasteiger partial charge in [0.25, 0.3) is 0 Å². The van der Waals surface area contributed by atoms with Gasteiger partial charge in [-0.2, -0.15) is 0 Å². The van der Waals surface area contributed by atoms with Gasteiger partial charge in [-0.1, -0.05) is 46.9 Å². The third-order valence-electron chi connectivity index (χ3n) is 4.94. The maximum absolute atomic E-state index is 12.7. The quantitative estimate of drug-likeness (QED) is 0.675. The second-order valence-corrected chi connectivity index (χ2v) is 7.83. The number of benzene rings is 2. The van der Waals surface area contributed by atoms with Gasteiger partial charge >= 0.3 is 0 Å². The van der Waals surface area contributed by atoms with E-state index in [1.165, 1.54) is 6.07 Å². The Bertz CT molecular complexity index is 855. The molecule has 0 aromatic heterocycles. The van der Waals surface area contributed by atoms with E-state index in [2.05, 4.69) is 21.2 Å². The summed E-state index contributed by atoms with van der Waals surface area (Å²) in [6.07, 6.45) is 0. The Morgan fingerprint density at radius 3 is 2.36 bits per heavy atom. The Labute approximate surface area is 180 Å². The van der Waals surface area contributed by atoms with Crippen molar-refractivity contribution in [3.63, 3.8) is 0 Å². The number of piperazine rings is 1. The normalized spacial score (nSPS) is 16.0. The standard InChI is InChI=1S/C20H22Cl3N3O2/c1-13(20(27)24-17-12-15(22)14(21)11-16(17)23)25-7-9-26(10-8-25)18-5-3-4-6-19(18)28-2/h3-6,11-13H,7-10H2,1-2H3,(H,24,27)/t13-/m0/s1. The molecule has 0 bridgehead atoms. The first-order valence-corrected chi connectivity index (χ1v) is 10.1. The van der Waals surface area contributed by atoms with Crippen LogP contribution in [-0.2, 0) is 4.79 Å². The number of carbonyl (C=O) groups excluding carboxylic acids is 1. The molecule has 150 valence electrons. The summed E-state index contributed by atoms with van der Waals surface area (Å²) in [5, 5.41) is 3.90. The van der Waals surface area contributed by atoms with Crippen LogP contribution in [0.3, 0.4) is 0 Å². The number of anilines is 2. The van der Waals surface area contributed by atoms with Crippen molar-refractivity contribution < 1.29 is 9.53 Å². The van der Waals surface area contributed by atoms with Crippen LogP contribution in [0.25, 0.3) is 0 Å². The highest BCUT2D eigenvalue weighted by Gasteiger charge is 2.27. The predicted molar refractivity (Wildman–Crippen MR) is 116 cm³/mol. The Kier molecular flexibility index (Phi) is 6.94. The highest BCUT2D eigenvalue weighted by atomic mass is 35.5. The van der Waals surface area contributed by atoms with Crippen LogP contribution in [0, 0.1) is 0 Å². The van der Waals surface area contributed by atoms with Crippen LogP contribution in [-0.4, -0.2) is 50.1 Å². The van der Waals surface area contributed by atoms with Crippen LogP contribution >= 0.6 is 34.8 Å². The smallest absolute Gasteiger partial charge is 0.241 e. The lowest BCUT2D eigenvalue weighted by Gasteiger charge is -2.38. The van der Waals surface area contributed by atoms with Crippen LogP contribution in [0.5, 0.6) is 5.75 Å². The number of nitrogens with zero attached hydrogens (tertiary/aromatic N) is 2. The molecule has 0 spiro atoms. The molecule has 0 radical (unpaired) electrons. The molecule has 1 amide bonds. The van der Waals surface area contributed by atoms with Crippen LogP contribution in [0.15, 0.2) is 36.4 Å². The van der Waals surface area contributed by atoms with Gasteiger partial charge < -0.3 is 15.0 Å². The van der Waals surface area contributed by atoms with Gasteiger partial charge in [-0.15, -0.1) is 0 Å². The number of rotatable bonds is 5. The number of ether oxygens (including phenoxy) is 1. The molecule has 0 unspecified atom stereocenters. The van der Waals surface area contributed by atoms with Crippen LogP contribution in [0.4, 0.5) is 11.4 Å². The first-order chi connectivity index (χ1) is 13.4. The van der Waals surface area contributed by atoms with Gasteiger partial charge in [-0.3, -0.25) is 9.69 Å². The third kappa shape index (κ3) is 4.66. The summed E-state index contributed by atoms with van der Waals surface area (Å²) in [7, 11) is 1.68. The molecule has 1 fully saturated rings. The van der Waals surface area contributed by atoms with Crippen molar-refractivity contribution in [2.24, 2.45) is 0 Å². The predicted octanol–water partition coefficient (Wildman–Crippen LogP) is 4.80. The Morgan fingerprint density at radius 2 is 1.68 bits per heavy atom. The maximum Gasteiger partial charge on any atom is 0.241 e. The molecule has 1 atom stereocenters. The fourth-order valence-corrected chi connectivity index (χ4v) is 3.86. The molecule has 0 aliphatic carbocycles. The zero-order valence-corrected chi connectivity index (χ0v) is 18.0. The Hall–Kier alpha value is -1.66. The molecule has 0 saturated carbocycles. The molecule has 2 aromatic carbocycles. The average Bonchev–Trinajstić information content (AvgIpc) is 2.71. The maximum atomic E-state index is 12.7. The molecule has 1 N–H and O–H groups in total. The number of nitrogens with one attached hydrogen (secondary N) is 1. The summed E-state index contributed by atoms with van der Waals surface area (Å²) < 4.78 is 5.45. The molecule has 2 aromatic rings. The highest BCUT2D eigenvalue weighted by molar-refractivity contribution is 6.44. The second kappa shape index (κ2) is 9.23. The molecular weight excluding hydrogens is 421 g/mol. The van der Waals surface area contributed by atoms with Crippen LogP contribution in [0.2, 0.25) is 15.1 Å². The lowest BCUT2D eigenvalue weighted by Crippen LogP contribution is -2.52. The van der Waals surface area contributed by atoms with E-state index in [1.54, 1.807) is 13.2 Å². The highest BCUT2D eigenvalue weighted by Crippen LogP contribution is 2.32. The summed E-state index contributed by atoms with van der Waals surface area (Å²) >= 11 is 18.1. The zero-order valence-electron chi connectivity index (χ0n) is 15.7. The Morgan fingerprint density at radius 1 is 1.04 bits per heavy atom. The minimum Gasteiger partial charge on any atom is -0.495 e. The monoisotopic (exact) mass is 441 g/mol. The van der Waals surface area contributed by atoms with Gasteiger partial charge in [0.2, 0.25) is 5.91 Å². The summed E-state index contributed by atoms with van der Waals surface area (Å²) in [5.74, 6) is 0.724. The van der Waals surface area contributed by atoms with E-state index in [0.717, 1.165) is 37.6 Å². The van der Waals surface area contributed by atoms with E-state index in [4.69, 9.17) is 39.5 Å². The molecule has 1 aliphatic rings. The lowest BCUT2D eigenvalue weighted by atomic mass is 10.2. The van der Waals surface area contributed by atoms with Crippen molar-refractivity contribution in [3.05, 3.63) is 51.5 Å². The van der Waals surface area contributed by atoms with E-state index in [-0.39, 0.29) is 11.9 Å². The number of para-hydroxylation sites is 2. The number of amides is 1. The molecule has 8 heteroatoms. The van der Waals surface area contributed by atoms with Crippen molar-refractivity contribution in [2.45, 2.75) is 13.0 Å². The van der Waals surface area contributed by atoms with Crippen molar-refractivity contribution in [3.8, 4) is 5.75 Å². The fraction of sp³-hybridized carbons (Fsp3) is 0.350. The van der Waals surface area contributed by atoms with Crippen LogP contribution < -0.4 is 15.0 Å². The van der Waals surface area contributed by atoms with Gasteiger partial charge in [-0.25, -0.2) is 0 Å². The third-order valence-corrected chi connectivity index (χ3v) is 5.97. The molecule has 1 heterocycles. The van der Waals surface area contributed by atoms with Crippen molar-refractivity contribution >= 4 is 52.1 Å². The summed E-state index contributed by atoms with van der Waals surface area (Å²) in [4.78, 5) is 17.1. The Balaban J connectivity index is 1.61. The van der Waals surface area contributed by atoms with Crippen LogP contribution in [0.1, 0.15) is 6.92 Å². The van der Waals surface area contributed by atoms with E-state index >= 15 is 0 Å². The molecular formula is C20H22Cl3N3O2. The van der Waals surface area contributed by atoms with E-state index in [1.807, 2.05) is 25.1 Å². The van der Waals surface area contributed by atoms with Crippen molar-refractivity contribution in [1.82, 2.24) is 4.90 Å². The first kappa shape index (κ1) is 21.1. The number of carbonyl (C=O) groups is 1. The molecule has 1 saturated heterocycles. The molecule has 1 aliphatic heterocycles. The summed E-state index contributed by atoms with van der Waals surface area (Å²) in [5.41, 5.74) is 1.53. The lowest BCUT2D eigenvalue weighted by molar-refractivity contribution is -0.120. The van der Waals surface area contributed by atoms with Gasteiger partial charge in [0.1, 0.15) is 5.75 Å². The number of methoxy groups -OCH3 is 1. The van der Waals surface area contributed by atoms with Crippen molar-refractivity contribution in [2.75, 3.05) is 43.5 Å². The first-order valence-electron chi connectivity index (χ1n) is 8.98. The van der Waals surface area contributed by atoms with Gasteiger partial charge in [0.05, 0.1) is 39.6 Å². The van der Waals surface area contributed by atoms with E-state index in [0.29, 0.717) is 20.8 Å². The van der Waals surface area contributed by atoms with E-state index < -0.39 is 0 Å². The summed E-state index contributed by atoms with van der Waals surface area (Å²) in [6, 6.07) is 10.8. The average molecular weight is 443 g/mol. The largest absolute Gasteiger partial charge is 0.495 e. The van der Waals surface area contributed by atoms with Gasteiger partial charge in [0, 0.05) is 26.2 Å².